The molecule has 0 atom stereocenters. The van der Waals surface area contributed by atoms with E-state index < -0.39 is 53.9 Å². The Morgan fingerprint density at radius 1 is 0.762 bits per heavy atom. The lowest BCUT2D eigenvalue weighted by atomic mass is 9.95. The molecule has 0 saturated carbocycles. The number of nitrogens with zero attached hydrogens (tertiary/aromatic N) is 5. The molecule has 6 nitrogen and oxygen atoms in total. The number of ether oxygens (including phenoxy) is 1. The summed E-state index contributed by atoms with van der Waals surface area (Å²) in [5.74, 6) is -0.0119. The summed E-state index contributed by atoms with van der Waals surface area (Å²) in [5.41, 5.74) is -4.13. The smallest absolute Gasteiger partial charge is 0.416 e. The molecule has 0 unspecified atom stereocenters. The first-order valence-electron chi connectivity index (χ1n) is 11.8. The number of aromatic nitrogens is 4. The fourth-order valence-corrected chi connectivity index (χ4v) is 4.36. The van der Waals surface area contributed by atoms with Crippen molar-refractivity contribution in [3.63, 3.8) is 0 Å². The van der Waals surface area contributed by atoms with Crippen LogP contribution in [0.5, 0.6) is 5.75 Å². The molecule has 0 bridgehead atoms. The van der Waals surface area contributed by atoms with Crippen molar-refractivity contribution >= 4 is 17.5 Å². The quantitative estimate of drug-likeness (QED) is 0.197. The lowest BCUT2D eigenvalue weighted by Crippen LogP contribution is -2.25. The van der Waals surface area contributed by atoms with Gasteiger partial charge in [-0.2, -0.15) is 44.3 Å². The molecule has 4 rings (SSSR count). The van der Waals surface area contributed by atoms with Crippen LogP contribution in [0.3, 0.4) is 0 Å². The van der Waals surface area contributed by atoms with E-state index in [0.29, 0.717) is 17.7 Å². The summed E-state index contributed by atoms with van der Waals surface area (Å²) >= 11 is 6.13. The minimum atomic E-state index is -5.11. The molecule has 0 N–H and O–H groups in total. The van der Waals surface area contributed by atoms with Gasteiger partial charge in [-0.25, -0.2) is 0 Å². The van der Waals surface area contributed by atoms with Crippen LogP contribution in [0.2, 0.25) is 5.02 Å². The molecule has 1 aromatic heterocycles. The fraction of sp³-hybridized carbons (Fsp3) is 0.269. The van der Waals surface area contributed by atoms with E-state index in [9.17, 15) is 39.5 Å². The number of hydrogen-bond acceptors (Lipinski definition) is 5. The maximum Gasteiger partial charge on any atom is 0.416 e. The van der Waals surface area contributed by atoms with Crippen LogP contribution >= 0.6 is 11.6 Å². The van der Waals surface area contributed by atoms with E-state index in [1.165, 1.54) is 38.4 Å². The topological polar surface area (TPSA) is 56.1 Å². The Hall–Kier alpha value is -4.01. The summed E-state index contributed by atoms with van der Waals surface area (Å²) in [6.07, 6.45) is -15.0. The summed E-state index contributed by atoms with van der Waals surface area (Å²) < 4.78 is 128. The second-order valence-electron chi connectivity index (χ2n) is 9.06. The second-order valence-corrected chi connectivity index (χ2v) is 9.50. The van der Waals surface area contributed by atoms with Gasteiger partial charge in [-0.3, -0.25) is 0 Å². The van der Waals surface area contributed by atoms with Crippen molar-refractivity contribution in [2.45, 2.75) is 31.6 Å². The highest BCUT2D eigenvalue weighted by Gasteiger charge is 2.37. The van der Waals surface area contributed by atoms with Crippen LogP contribution in [0.1, 0.15) is 27.8 Å². The first-order valence-corrected chi connectivity index (χ1v) is 12.1. The molecule has 224 valence electrons. The zero-order valence-corrected chi connectivity index (χ0v) is 22.3. The average Bonchev–Trinajstić information content (AvgIpc) is 3.32. The predicted molar refractivity (Wildman–Crippen MR) is 134 cm³/mol. The Labute approximate surface area is 237 Å². The molecule has 3 aromatic carbocycles. The summed E-state index contributed by atoms with van der Waals surface area (Å²) in [4.78, 5) is 2.08. The number of benzene rings is 3. The molecule has 0 spiro atoms. The number of alkyl halides is 9. The third kappa shape index (κ3) is 7.06. The van der Waals surface area contributed by atoms with Gasteiger partial charge in [0, 0.05) is 23.7 Å². The molecular formula is C26H19ClF9N5O. The number of methoxy groups -OCH3 is 1. The van der Waals surface area contributed by atoms with Gasteiger partial charge in [0.2, 0.25) is 0 Å². The Kier molecular flexibility index (Phi) is 8.36. The zero-order valence-electron chi connectivity index (χ0n) is 21.5. The Bertz CT molecular complexity index is 1550. The average molecular weight is 624 g/mol. The fourth-order valence-electron chi connectivity index (χ4n) is 4.19. The van der Waals surface area contributed by atoms with Crippen molar-refractivity contribution in [2.75, 3.05) is 12.0 Å². The molecule has 0 radical (unpaired) electrons. The van der Waals surface area contributed by atoms with E-state index in [2.05, 4.69) is 15.4 Å². The van der Waals surface area contributed by atoms with Crippen LogP contribution in [-0.4, -0.2) is 27.3 Å². The minimum Gasteiger partial charge on any atom is -0.496 e. The normalized spacial score (nSPS) is 12.5. The third-order valence-electron chi connectivity index (χ3n) is 6.05. The van der Waals surface area contributed by atoms with Crippen LogP contribution in [0.25, 0.3) is 11.1 Å². The van der Waals surface area contributed by atoms with Crippen molar-refractivity contribution in [1.82, 2.24) is 20.2 Å². The highest BCUT2D eigenvalue weighted by Crippen LogP contribution is 2.40. The molecule has 0 fully saturated rings. The third-order valence-corrected chi connectivity index (χ3v) is 6.28. The van der Waals surface area contributed by atoms with Crippen molar-refractivity contribution in [3.8, 4) is 16.9 Å². The lowest BCUT2D eigenvalue weighted by Gasteiger charge is -2.25. The van der Waals surface area contributed by atoms with Crippen LogP contribution < -0.4 is 9.64 Å². The number of hydrogen-bond donors (Lipinski definition) is 0. The maximum absolute atomic E-state index is 13.7. The SMILES string of the molecule is COc1ccc(Cl)cc1-c1ccc(C(F)(F)F)cc1CN(Cc1cc(C(F)(F)F)cc(C(F)(F)F)c1)c1nnn(C)n1. The molecule has 0 amide bonds. The summed E-state index contributed by atoms with van der Waals surface area (Å²) in [6, 6.07) is 8.25. The van der Waals surface area contributed by atoms with Crippen molar-refractivity contribution < 1.29 is 44.3 Å². The molecule has 0 aliphatic carbocycles. The van der Waals surface area contributed by atoms with E-state index >= 15 is 0 Å². The van der Waals surface area contributed by atoms with Gasteiger partial charge >= 0.3 is 18.5 Å². The monoisotopic (exact) mass is 623 g/mol. The predicted octanol–water partition coefficient (Wildman–Crippen LogP) is 7.80. The number of rotatable bonds is 7. The molecule has 1 heterocycles. The van der Waals surface area contributed by atoms with Crippen LogP contribution in [-0.2, 0) is 38.7 Å². The first kappa shape index (κ1) is 30.9. The largest absolute Gasteiger partial charge is 0.496 e. The standard InChI is InChI=1S/C26H19ClF9N5O/c1-40-38-23(37-39-40)41(12-14-7-17(25(31,32)33)10-18(8-14)26(34,35)36)13-15-9-16(24(28,29)30)3-5-20(15)21-11-19(27)4-6-22(21)42-2/h3-11H,12-13H2,1-2H3. The molecule has 0 saturated heterocycles. The van der Waals surface area contributed by atoms with Gasteiger partial charge in [0.15, 0.2) is 0 Å². The van der Waals surface area contributed by atoms with Gasteiger partial charge in [-0.15, -0.1) is 5.10 Å². The van der Waals surface area contributed by atoms with Gasteiger partial charge in [0.1, 0.15) is 5.75 Å². The lowest BCUT2D eigenvalue weighted by molar-refractivity contribution is -0.143. The van der Waals surface area contributed by atoms with Gasteiger partial charge in [-0.1, -0.05) is 22.8 Å². The van der Waals surface area contributed by atoms with Crippen molar-refractivity contribution in [3.05, 3.63) is 87.4 Å². The molecule has 16 heteroatoms. The van der Waals surface area contributed by atoms with Crippen LogP contribution in [0, 0.1) is 0 Å². The maximum atomic E-state index is 13.7. The van der Waals surface area contributed by atoms with Gasteiger partial charge in [-0.05, 0) is 70.4 Å². The molecule has 0 aliphatic rings. The number of aryl methyl sites for hydroxylation is 1. The van der Waals surface area contributed by atoms with Crippen molar-refractivity contribution in [2.24, 2.45) is 7.05 Å². The zero-order chi connectivity index (χ0) is 31.0. The Morgan fingerprint density at radius 3 is 1.90 bits per heavy atom. The number of tetrazole rings is 1. The molecule has 42 heavy (non-hydrogen) atoms. The molecule has 4 aromatic rings. The van der Waals surface area contributed by atoms with E-state index in [-0.39, 0.29) is 33.9 Å². The Balaban J connectivity index is 1.88. The van der Waals surface area contributed by atoms with Crippen LogP contribution in [0.15, 0.2) is 54.6 Å². The van der Waals surface area contributed by atoms with Gasteiger partial charge < -0.3 is 9.64 Å². The minimum absolute atomic E-state index is 0.0231. The van der Waals surface area contributed by atoms with Crippen LogP contribution in [0.4, 0.5) is 45.5 Å². The summed E-state index contributed by atoms with van der Waals surface area (Å²) in [6.45, 7) is -1.14. The first-order chi connectivity index (χ1) is 19.5. The van der Waals surface area contributed by atoms with E-state index in [4.69, 9.17) is 16.3 Å². The van der Waals surface area contributed by atoms with Gasteiger partial charge in [0.05, 0.1) is 30.8 Å². The van der Waals surface area contributed by atoms with E-state index in [0.717, 1.165) is 21.8 Å². The highest BCUT2D eigenvalue weighted by molar-refractivity contribution is 6.31. The second kappa shape index (κ2) is 11.3. The Morgan fingerprint density at radius 2 is 1.38 bits per heavy atom. The van der Waals surface area contributed by atoms with Crippen molar-refractivity contribution in [1.29, 1.82) is 0 Å². The summed E-state index contributed by atoms with van der Waals surface area (Å²) in [7, 11) is 2.69. The number of anilines is 1. The van der Waals surface area contributed by atoms with E-state index in [1.54, 1.807) is 0 Å². The van der Waals surface area contributed by atoms with E-state index in [1.807, 2.05) is 0 Å². The highest BCUT2D eigenvalue weighted by atomic mass is 35.5. The molecular weight excluding hydrogens is 605 g/mol. The summed E-state index contributed by atoms with van der Waals surface area (Å²) in [5, 5.41) is 11.6. The number of halogens is 10. The molecule has 0 aliphatic heterocycles. The van der Waals surface area contributed by atoms with Gasteiger partial charge in [0.25, 0.3) is 5.95 Å².